The van der Waals surface area contributed by atoms with Gasteiger partial charge >= 0.3 is 0 Å². The first-order valence-electron chi connectivity index (χ1n) is 4.45. The molecule has 0 radical (unpaired) electrons. The highest BCUT2D eigenvalue weighted by Crippen LogP contribution is 2.19. The fourth-order valence-electron chi connectivity index (χ4n) is 1.07. The van der Waals surface area contributed by atoms with E-state index in [-0.39, 0.29) is 0 Å². The minimum absolute atomic E-state index is 0.701. The Bertz CT molecular complexity index is 395. The summed E-state index contributed by atoms with van der Waals surface area (Å²) < 4.78 is 6.95. The minimum atomic E-state index is 0.701. The van der Waals surface area contributed by atoms with E-state index in [0.717, 1.165) is 22.5 Å². The molecule has 2 N–H and O–H groups in total. The third kappa shape index (κ3) is 2.93. The van der Waals surface area contributed by atoms with Gasteiger partial charge in [0.1, 0.15) is 5.82 Å². The number of hydrogen-bond acceptors (Lipinski definition) is 6. The Hall–Kier alpha value is -1.08. The standard InChI is InChI=1S/C8H11N5S2/c1-6-11-8(15-12-6)14-3-2-13-5-7(9)4-10-13/h4-5H,2-3,9H2,1H3. The van der Waals surface area contributed by atoms with Gasteiger partial charge in [-0.1, -0.05) is 11.8 Å². The average Bonchev–Trinajstić information content (AvgIpc) is 2.76. The van der Waals surface area contributed by atoms with Crippen LogP contribution in [0.3, 0.4) is 0 Å². The van der Waals surface area contributed by atoms with Crippen molar-refractivity contribution in [2.75, 3.05) is 11.5 Å². The Labute approximate surface area is 95.9 Å². The molecule has 0 saturated carbocycles. The third-order valence-corrected chi connectivity index (χ3v) is 3.61. The number of aryl methyl sites for hydroxylation is 2. The highest BCUT2D eigenvalue weighted by molar-refractivity contribution is 8.00. The Morgan fingerprint density at radius 1 is 1.60 bits per heavy atom. The van der Waals surface area contributed by atoms with Crippen LogP contribution in [-0.2, 0) is 6.54 Å². The molecule has 2 rings (SSSR count). The second kappa shape index (κ2) is 4.63. The quantitative estimate of drug-likeness (QED) is 0.820. The van der Waals surface area contributed by atoms with Crippen LogP contribution in [0.1, 0.15) is 5.82 Å². The topological polar surface area (TPSA) is 69.6 Å². The van der Waals surface area contributed by atoms with Crippen molar-refractivity contribution in [1.82, 2.24) is 19.1 Å². The van der Waals surface area contributed by atoms with Crippen LogP contribution >= 0.6 is 23.3 Å². The van der Waals surface area contributed by atoms with E-state index in [1.807, 2.05) is 17.8 Å². The average molecular weight is 241 g/mol. The number of nitrogen functional groups attached to an aromatic ring is 1. The van der Waals surface area contributed by atoms with E-state index in [9.17, 15) is 0 Å². The fraction of sp³-hybridized carbons (Fsp3) is 0.375. The van der Waals surface area contributed by atoms with Gasteiger partial charge in [-0.2, -0.15) is 9.47 Å². The molecule has 0 aromatic carbocycles. The molecule has 0 aliphatic carbocycles. The zero-order valence-corrected chi connectivity index (χ0v) is 9.88. The molecule has 2 aromatic rings. The van der Waals surface area contributed by atoms with Crippen molar-refractivity contribution in [3.05, 3.63) is 18.2 Å². The molecule has 0 unspecified atom stereocenters. The van der Waals surface area contributed by atoms with Crippen LogP contribution in [0.2, 0.25) is 0 Å². The molecule has 0 aliphatic heterocycles. The molecule has 2 aromatic heterocycles. The monoisotopic (exact) mass is 241 g/mol. The van der Waals surface area contributed by atoms with Gasteiger partial charge in [-0.05, 0) is 18.5 Å². The molecule has 0 saturated heterocycles. The second-order valence-corrected chi connectivity index (χ2v) is 5.09. The Balaban J connectivity index is 1.80. The lowest BCUT2D eigenvalue weighted by atomic mass is 10.6. The van der Waals surface area contributed by atoms with Crippen molar-refractivity contribution in [2.45, 2.75) is 17.8 Å². The second-order valence-electron chi connectivity index (χ2n) is 2.99. The third-order valence-electron chi connectivity index (χ3n) is 1.71. The van der Waals surface area contributed by atoms with E-state index in [0.29, 0.717) is 5.69 Å². The van der Waals surface area contributed by atoms with Crippen LogP contribution in [-0.4, -0.2) is 24.9 Å². The van der Waals surface area contributed by atoms with Gasteiger partial charge < -0.3 is 5.73 Å². The molecule has 0 spiro atoms. The highest BCUT2D eigenvalue weighted by atomic mass is 32.2. The summed E-state index contributed by atoms with van der Waals surface area (Å²) in [7, 11) is 0. The van der Waals surface area contributed by atoms with Crippen LogP contribution < -0.4 is 5.73 Å². The maximum atomic E-state index is 5.55. The molecule has 0 fully saturated rings. The van der Waals surface area contributed by atoms with Crippen LogP contribution in [0.4, 0.5) is 5.69 Å². The van der Waals surface area contributed by atoms with E-state index >= 15 is 0 Å². The molecule has 2 heterocycles. The zero-order valence-electron chi connectivity index (χ0n) is 8.25. The predicted octanol–water partition coefficient (Wildman–Crippen LogP) is 1.42. The number of hydrogen-bond donors (Lipinski definition) is 1. The van der Waals surface area contributed by atoms with Crippen LogP contribution in [0, 0.1) is 6.92 Å². The van der Waals surface area contributed by atoms with Crippen molar-refractivity contribution in [3.8, 4) is 0 Å². The smallest absolute Gasteiger partial charge is 0.170 e. The molecule has 0 amide bonds. The molecular weight excluding hydrogens is 230 g/mol. The van der Waals surface area contributed by atoms with E-state index in [4.69, 9.17) is 5.73 Å². The van der Waals surface area contributed by atoms with Crippen molar-refractivity contribution in [3.63, 3.8) is 0 Å². The van der Waals surface area contributed by atoms with E-state index in [1.54, 1.807) is 18.0 Å². The summed E-state index contributed by atoms with van der Waals surface area (Å²) in [4.78, 5) is 4.26. The van der Waals surface area contributed by atoms with Gasteiger partial charge in [-0.15, -0.1) is 0 Å². The van der Waals surface area contributed by atoms with Crippen LogP contribution in [0.5, 0.6) is 0 Å². The first kappa shape index (κ1) is 10.4. The summed E-state index contributed by atoms with van der Waals surface area (Å²) in [5, 5.41) is 4.10. The van der Waals surface area contributed by atoms with Crippen molar-refractivity contribution in [1.29, 1.82) is 0 Å². The van der Waals surface area contributed by atoms with Crippen LogP contribution in [0.15, 0.2) is 16.7 Å². The first-order chi connectivity index (χ1) is 7.24. The Morgan fingerprint density at radius 3 is 3.07 bits per heavy atom. The molecule has 0 atom stereocenters. The number of nitrogens with zero attached hydrogens (tertiary/aromatic N) is 4. The summed E-state index contributed by atoms with van der Waals surface area (Å²) in [6, 6.07) is 0. The van der Waals surface area contributed by atoms with Gasteiger partial charge in [-0.3, -0.25) is 4.68 Å². The molecular formula is C8H11N5S2. The molecule has 80 valence electrons. The number of rotatable bonds is 4. The van der Waals surface area contributed by atoms with Gasteiger partial charge in [0.25, 0.3) is 0 Å². The van der Waals surface area contributed by atoms with Gasteiger partial charge in [0, 0.05) is 11.9 Å². The lowest BCUT2D eigenvalue weighted by Crippen LogP contribution is -2.00. The molecule has 15 heavy (non-hydrogen) atoms. The molecule has 0 bridgehead atoms. The zero-order chi connectivity index (χ0) is 10.7. The van der Waals surface area contributed by atoms with E-state index in [1.165, 1.54) is 11.5 Å². The minimum Gasteiger partial charge on any atom is -0.396 e. The lowest BCUT2D eigenvalue weighted by Gasteiger charge is -1.98. The summed E-state index contributed by atoms with van der Waals surface area (Å²) in [5.74, 6) is 1.77. The van der Waals surface area contributed by atoms with Crippen molar-refractivity contribution >= 4 is 29.0 Å². The summed E-state index contributed by atoms with van der Waals surface area (Å²) in [6.07, 6.45) is 3.48. The largest absolute Gasteiger partial charge is 0.396 e. The normalized spacial score (nSPS) is 10.7. The van der Waals surface area contributed by atoms with Gasteiger partial charge in [0.05, 0.1) is 18.4 Å². The van der Waals surface area contributed by atoms with Crippen LogP contribution in [0.25, 0.3) is 0 Å². The number of thioether (sulfide) groups is 1. The maximum Gasteiger partial charge on any atom is 0.170 e. The molecule has 7 heteroatoms. The van der Waals surface area contributed by atoms with Gasteiger partial charge in [0.15, 0.2) is 4.34 Å². The maximum absolute atomic E-state index is 5.55. The SMILES string of the molecule is Cc1nsc(SCCn2cc(N)cn2)n1. The Kier molecular flexibility index (Phi) is 3.22. The lowest BCUT2D eigenvalue weighted by molar-refractivity contribution is 0.666. The first-order valence-corrected chi connectivity index (χ1v) is 6.21. The summed E-state index contributed by atoms with van der Waals surface area (Å²) >= 11 is 3.13. The molecule has 5 nitrogen and oxygen atoms in total. The van der Waals surface area contributed by atoms with Gasteiger partial charge in [-0.25, -0.2) is 4.98 Å². The number of anilines is 1. The van der Waals surface area contributed by atoms with Crippen molar-refractivity contribution < 1.29 is 0 Å². The summed E-state index contributed by atoms with van der Waals surface area (Å²) in [5.41, 5.74) is 6.26. The summed E-state index contributed by atoms with van der Waals surface area (Å²) in [6.45, 7) is 2.73. The van der Waals surface area contributed by atoms with E-state index < -0.39 is 0 Å². The fourth-order valence-corrected chi connectivity index (χ4v) is 2.71. The molecule has 0 aliphatic rings. The van der Waals surface area contributed by atoms with Gasteiger partial charge in [0.2, 0.25) is 0 Å². The highest BCUT2D eigenvalue weighted by Gasteiger charge is 2.01. The Morgan fingerprint density at radius 2 is 2.47 bits per heavy atom. The number of nitrogens with two attached hydrogens (primary N) is 1. The number of aromatic nitrogens is 4. The predicted molar refractivity (Wildman–Crippen MR) is 62.0 cm³/mol. The van der Waals surface area contributed by atoms with E-state index in [2.05, 4.69) is 14.5 Å². The van der Waals surface area contributed by atoms with Crippen molar-refractivity contribution in [2.24, 2.45) is 0 Å².